The number of rotatable bonds is 7. The SMILES string of the molecule is CCCN1CCC(N(C)S(=O)(=O)c2ccc(C(=O)NCC(F)(F)F)cc2)CC1. The van der Waals surface area contributed by atoms with Crippen LogP contribution >= 0.6 is 0 Å². The minimum atomic E-state index is -4.51. The van der Waals surface area contributed by atoms with Crippen molar-refractivity contribution in [2.45, 2.75) is 43.3 Å². The average Bonchev–Trinajstić information content (AvgIpc) is 2.66. The number of halogens is 3. The standard InChI is InChI=1S/C18H26F3N3O3S/c1-3-10-24-11-8-15(9-12-24)23(2)28(26,27)16-6-4-14(5-7-16)17(25)22-13-18(19,20)21/h4-7,15H,3,8-13H2,1-2H3,(H,22,25). The molecule has 1 saturated heterocycles. The van der Waals surface area contributed by atoms with E-state index < -0.39 is 28.7 Å². The highest BCUT2D eigenvalue weighted by atomic mass is 32.2. The second-order valence-electron chi connectivity index (χ2n) is 6.92. The lowest BCUT2D eigenvalue weighted by molar-refractivity contribution is -0.123. The summed E-state index contributed by atoms with van der Waals surface area (Å²) >= 11 is 0. The number of nitrogens with zero attached hydrogens (tertiary/aromatic N) is 2. The van der Waals surface area contributed by atoms with Gasteiger partial charge in [0.1, 0.15) is 6.54 Å². The fourth-order valence-electron chi connectivity index (χ4n) is 3.25. The van der Waals surface area contributed by atoms with Crippen molar-refractivity contribution in [1.82, 2.24) is 14.5 Å². The van der Waals surface area contributed by atoms with Gasteiger partial charge in [-0.1, -0.05) is 6.92 Å². The number of sulfonamides is 1. The molecule has 10 heteroatoms. The van der Waals surface area contributed by atoms with E-state index in [-0.39, 0.29) is 16.5 Å². The van der Waals surface area contributed by atoms with E-state index in [1.54, 1.807) is 12.4 Å². The first kappa shape index (κ1) is 22.6. The molecule has 0 saturated carbocycles. The summed E-state index contributed by atoms with van der Waals surface area (Å²) in [5, 5.41) is 1.76. The second-order valence-corrected chi connectivity index (χ2v) is 8.91. The maximum atomic E-state index is 12.8. The molecule has 0 bridgehead atoms. The van der Waals surface area contributed by atoms with Gasteiger partial charge in [-0.05, 0) is 63.2 Å². The lowest BCUT2D eigenvalue weighted by Crippen LogP contribution is -2.45. The Morgan fingerprint density at radius 3 is 2.29 bits per heavy atom. The first-order chi connectivity index (χ1) is 13.0. The van der Waals surface area contributed by atoms with Crippen LogP contribution in [0.4, 0.5) is 13.2 Å². The summed E-state index contributed by atoms with van der Waals surface area (Å²) in [4.78, 5) is 14.1. The van der Waals surface area contributed by atoms with Gasteiger partial charge in [-0.25, -0.2) is 8.42 Å². The number of likely N-dealkylation sites (tertiary alicyclic amines) is 1. The predicted molar refractivity (Wildman–Crippen MR) is 99.5 cm³/mol. The van der Waals surface area contributed by atoms with Gasteiger partial charge in [0.05, 0.1) is 4.90 Å². The van der Waals surface area contributed by atoms with Crippen LogP contribution in [0.25, 0.3) is 0 Å². The van der Waals surface area contributed by atoms with Gasteiger partial charge in [-0.3, -0.25) is 4.79 Å². The van der Waals surface area contributed by atoms with E-state index in [4.69, 9.17) is 0 Å². The molecule has 1 aliphatic heterocycles. The summed E-state index contributed by atoms with van der Waals surface area (Å²) in [5.41, 5.74) is -0.0290. The summed E-state index contributed by atoms with van der Waals surface area (Å²) in [6, 6.07) is 4.83. The Kier molecular flexibility index (Phi) is 7.46. The molecule has 0 unspecified atom stereocenters. The monoisotopic (exact) mass is 421 g/mol. The van der Waals surface area contributed by atoms with Crippen molar-refractivity contribution in [2.24, 2.45) is 0 Å². The molecule has 0 aliphatic carbocycles. The Morgan fingerprint density at radius 2 is 1.79 bits per heavy atom. The molecule has 1 heterocycles. The van der Waals surface area contributed by atoms with E-state index in [1.165, 1.54) is 28.6 Å². The zero-order chi connectivity index (χ0) is 20.9. The van der Waals surface area contributed by atoms with E-state index in [9.17, 15) is 26.4 Å². The third-order valence-corrected chi connectivity index (χ3v) is 6.78. The molecule has 0 aromatic heterocycles. The Bertz CT molecular complexity index is 759. The van der Waals surface area contributed by atoms with Gasteiger partial charge in [0, 0.05) is 18.7 Å². The number of piperidine rings is 1. The Labute approximate surface area is 163 Å². The number of alkyl halides is 3. The van der Waals surface area contributed by atoms with E-state index in [1.807, 2.05) is 0 Å². The number of benzene rings is 1. The lowest BCUT2D eigenvalue weighted by Gasteiger charge is -2.36. The number of amides is 1. The van der Waals surface area contributed by atoms with Crippen LogP contribution in [0.5, 0.6) is 0 Å². The Balaban J connectivity index is 2.02. The smallest absolute Gasteiger partial charge is 0.343 e. The Hall–Kier alpha value is -1.65. The van der Waals surface area contributed by atoms with Crippen LogP contribution in [0.2, 0.25) is 0 Å². The maximum absolute atomic E-state index is 12.8. The molecule has 2 rings (SSSR count). The third kappa shape index (κ3) is 5.92. The van der Waals surface area contributed by atoms with E-state index in [2.05, 4.69) is 11.8 Å². The fraction of sp³-hybridized carbons (Fsp3) is 0.611. The molecule has 6 nitrogen and oxygen atoms in total. The molecule has 0 spiro atoms. The first-order valence-electron chi connectivity index (χ1n) is 9.20. The van der Waals surface area contributed by atoms with Gasteiger partial charge < -0.3 is 10.2 Å². The highest BCUT2D eigenvalue weighted by Gasteiger charge is 2.31. The normalized spacial score (nSPS) is 17.1. The number of nitrogens with one attached hydrogen (secondary N) is 1. The maximum Gasteiger partial charge on any atom is 0.405 e. The predicted octanol–water partition coefficient (Wildman–Crippen LogP) is 2.47. The molecule has 28 heavy (non-hydrogen) atoms. The topological polar surface area (TPSA) is 69.7 Å². The van der Waals surface area contributed by atoms with Crippen molar-refractivity contribution in [3.05, 3.63) is 29.8 Å². The van der Waals surface area contributed by atoms with Crippen molar-refractivity contribution in [2.75, 3.05) is 33.2 Å². The van der Waals surface area contributed by atoms with Crippen molar-refractivity contribution >= 4 is 15.9 Å². The molecule has 0 atom stereocenters. The van der Waals surface area contributed by atoms with Gasteiger partial charge in [-0.2, -0.15) is 17.5 Å². The van der Waals surface area contributed by atoms with Crippen LogP contribution in [-0.4, -0.2) is 69.0 Å². The van der Waals surface area contributed by atoms with Crippen molar-refractivity contribution in [1.29, 1.82) is 0 Å². The highest BCUT2D eigenvalue weighted by Crippen LogP contribution is 2.23. The van der Waals surface area contributed by atoms with Crippen LogP contribution < -0.4 is 5.32 Å². The molecule has 0 radical (unpaired) electrons. The van der Waals surface area contributed by atoms with Gasteiger partial charge >= 0.3 is 6.18 Å². The lowest BCUT2D eigenvalue weighted by atomic mass is 10.1. The van der Waals surface area contributed by atoms with Crippen LogP contribution in [0.15, 0.2) is 29.2 Å². The van der Waals surface area contributed by atoms with E-state index >= 15 is 0 Å². The molecule has 1 aromatic rings. The minimum Gasteiger partial charge on any atom is -0.343 e. The third-order valence-electron chi connectivity index (χ3n) is 4.85. The molecule has 1 amide bonds. The van der Waals surface area contributed by atoms with Gasteiger partial charge in [0.15, 0.2) is 0 Å². The summed E-state index contributed by atoms with van der Waals surface area (Å²) in [7, 11) is -2.20. The summed E-state index contributed by atoms with van der Waals surface area (Å²) in [6.07, 6.45) is -1.96. The average molecular weight is 421 g/mol. The quantitative estimate of drug-likeness (QED) is 0.734. The zero-order valence-electron chi connectivity index (χ0n) is 16.0. The number of hydrogen-bond donors (Lipinski definition) is 1. The van der Waals surface area contributed by atoms with Gasteiger partial charge in [0.2, 0.25) is 10.0 Å². The van der Waals surface area contributed by atoms with Crippen molar-refractivity contribution < 1.29 is 26.4 Å². The molecule has 1 N–H and O–H groups in total. The zero-order valence-corrected chi connectivity index (χ0v) is 16.8. The van der Waals surface area contributed by atoms with E-state index in [0.29, 0.717) is 0 Å². The molecule has 1 aliphatic rings. The van der Waals surface area contributed by atoms with Crippen LogP contribution in [0, 0.1) is 0 Å². The van der Waals surface area contributed by atoms with Crippen molar-refractivity contribution in [3.8, 4) is 0 Å². The summed E-state index contributed by atoms with van der Waals surface area (Å²) < 4.78 is 63.6. The van der Waals surface area contributed by atoms with Crippen LogP contribution in [0.1, 0.15) is 36.5 Å². The van der Waals surface area contributed by atoms with E-state index in [0.717, 1.165) is 38.9 Å². The molecule has 158 valence electrons. The molecular formula is C18H26F3N3O3S. The highest BCUT2D eigenvalue weighted by molar-refractivity contribution is 7.89. The fourth-order valence-corrected chi connectivity index (χ4v) is 4.66. The summed E-state index contributed by atoms with van der Waals surface area (Å²) in [6.45, 7) is 3.36. The van der Waals surface area contributed by atoms with Gasteiger partial charge in [0.25, 0.3) is 5.91 Å². The molecular weight excluding hydrogens is 395 g/mol. The first-order valence-corrected chi connectivity index (χ1v) is 10.6. The number of carbonyl (C=O) groups excluding carboxylic acids is 1. The second kappa shape index (κ2) is 9.23. The van der Waals surface area contributed by atoms with Gasteiger partial charge in [-0.15, -0.1) is 0 Å². The number of carbonyl (C=O) groups is 1. The largest absolute Gasteiger partial charge is 0.405 e. The molecule has 1 fully saturated rings. The Morgan fingerprint density at radius 1 is 1.21 bits per heavy atom. The summed E-state index contributed by atoms with van der Waals surface area (Å²) in [5.74, 6) is -0.905. The minimum absolute atomic E-state index is 0.0124. The molecule has 1 aromatic carbocycles. The van der Waals surface area contributed by atoms with Crippen molar-refractivity contribution in [3.63, 3.8) is 0 Å². The number of hydrogen-bond acceptors (Lipinski definition) is 4. The van der Waals surface area contributed by atoms with Crippen LogP contribution in [-0.2, 0) is 10.0 Å². The van der Waals surface area contributed by atoms with Crippen LogP contribution in [0.3, 0.4) is 0 Å².